The average Bonchev–Trinajstić information content (AvgIpc) is 3.03. The molecular weight excluding hydrogens is 444 g/mol. The molecule has 0 saturated heterocycles. The van der Waals surface area contributed by atoms with Crippen LogP contribution in [-0.4, -0.2) is 60.5 Å². The van der Waals surface area contributed by atoms with Gasteiger partial charge < -0.3 is 20.3 Å². The summed E-state index contributed by atoms with van der Waals surface area (Å²) in [5.41, 5.74) is 2.36. The molecule has 0 aliphatic carbocycles. The van der Waals surface area contributed by atoms with Crippen LogP contribution >= 0.6 is 0 Å². The van der Waals surface area contributed by atoms with Gasteiger partial charge in [0.1, 0.15) is 18.3 Å². The maximum atomic E-state index is 13.3. The molecule has 4 rings (SSSR count). The molecule has 2 amide bonds. The number of rotatable bonds is 8. The van der Waals surface area contributed by atoms with Gasteiger partial charge in [-0.25, -0.2) is 0 Å². The van der Waals surface area contributed by atoms with Crippen LogP contribution in [0.4, 0.5) is 0 Å². The normalized spacial score (nSPS) is 15.9. The van der Waals surface area contributed by atoms with Crippen molar-refractivity contribution >= 4 is 28.6 Å². The molecule has 1 atom stereocenters. The van der Waals surface area contributed by atoms with E-state index >= 15 is 0 Å². The van der Waals surface area contributed by atoms with Gasteiger partial charge in [0.25, 0.3) is 5.91 Å². The van der Waals surface area contributed by atoms with E-state index < -0.39 is 17.9 Å². The number of hydrogen-bond acceptors (Lipinski definition) is 6. The monoisotopic (exact) mass is 472 g/mol. The standard InChI is InChI=1S/C27H28N4O4/c1-35-24(32)18-31-17-20(16-28-15-19-7-3-2-4-8-19)11-12-23(27(31)34)30-26(33)25-22-10-6-5-9-21(22)13-14-29-25/h2-11,13-14,23,28H,12,15-18H2,1H3,(H,30,33)/t23-/m0/s1. The third-order valence-electron chi connectivity index (χ3n) is 5.91. The van der Waals surface area contributed by atoms with E-state index in [9.17, 15) is 14.4 Å². The number of benzene rings is 2. The van der Waals surface area contributed by atoms with E-state index in [1.54, 1.807) is 6.20 Å². The Morgan fingerprint density at radius 3 is 2.63 bits per heavy atom. The molecular formula is C27H28N4O4. The maximum absolute atomic E-state index is 13.3. The summed E-state index contributed by atoms with van der Waals surface area (Å²) in [5.74, 6) is -1.28. The first-order valence-corrected chi connectivity index (χ1v) is 11.5. The van der Waals surface area contributed by atoms with Crippen LogP contribution in [-0.2, 0) is 20.9 Å². The van der Waals surface area contributed by atoms with Crippen LogP contribution in [0.1, 0.15) is 22.5 Å². The van der Waals surface area contributed by atoms with Gasteiger partial charge in [-0.2, -0.15) is 0 Å². The highest BCUT2D eigenvalue weighted by molar-refractivity contribution is 6.06. The Balaban J connectivity index is 1.49. The molecule has 2 N–H and O–H groups in total. The van der Waals surface area contributed by atoms with Gasteiger partial charge in [0.15, 0.2) is 0 Å². The van der Waals surface area contributed by atoms with E-state index in [-0.39, 0.29) is 24.7 Å². The van der Waals surface area contributed by atoms with Gasteiger partial charge in [-0.1, -0.05) is 60.7 Å². The smallest absolute Gasteiger partial charge is 0.325 e. The van der Waals surface area contributed by atoms with E-state index in [0.717, 1.165) is 16.5 Å². The molecule has 2 heterocycles. The zero-order valence-corrected chi connectivity index (χ0v) is 19.6. The Labute approximate surface area is 204 Å². The van der Waals surface area contributed by atoms with Crippen molar-refractivity contribution in [3.05, 3.63) is 89.8 Å². The minimum Gasteiger partial charge on any atom is -0.468 e. The molecule has 1 aliphatic heterocycles. The number of nitrogens with one attached hydrogen (secondary N) is 2. The van der Waals surface area contributed by atoms with E-state index in [4.69, 9.17) is 4.74 Å². The van der Waals surface area contributed by atoms with E-state index in [1.165, 1.54) is 12.0 Å². The maximum Gasteiger partial charge on any atom is 0.325 e. The van der Waals surface area contributed by atoms with Gasteiger partial charge in [-0.05, 0) is 29.0 Å². The molecule has 0 fully saturated rings. The molecule has 3 aromatic rings. The molecule has 180 valence electrons. The predicted molar refractivity (Wildman–Crippen MR) is 132 cm³/mol. The second kappa shape index (κ2) is 11.4. The molecule has 1 aromatic heterocycles. The van der Waals surface area contributed by atoms with Gasteiger partial charge in [0.2, 0.25) is 5.91 Å². The molecule has 0 spiro atoms. The Hall–Kier alpha value is -4.04. The Morgan fingerprint density at radius 1 is 1.06 bits per heavy atom. The first-order chi connectivity index (χ1) is 17.0. The number of pyridine rings is 1. The lowest BCUT2D eigenvalue weighted by molar-refractivity contribution is -0.147. The SMILES string of the molecule is COC(=O)CN1CC(CNCc2ccccc2)=CC[C@H](NC(=O)c2nccc3ccccc23)C1=O. The van der Waals surface area contributed by atoms with Gasteiger partial charge >= 0.3 is 5.97 Å². The van der Waals surface area contributed by atoms with Crippen LogP contribution in [0.5, 0.6) is 0 Å². The minimum atomic E-state index is -0.820. The summed E-state index contributed by atoms with van der Waals surface area (Å²) >= 11 is 0. The Bertz CT molecular complexity index is 1240. The number of carbonyl (C=O) groups is 3. The Morgan fingerprint density at radius 2 is 1.83 bits per heavy atom. The van der Waals surface area contributed by atoms with Crippen LogP contribution in [0, 0.1) is 0 Å². The summed E-state index contributed by atoms with van der Waals surface area (Å²) in [6.45, 7) is 1.31. The summed E-state index contributed by atoms with van der Waals surface area (Å²) in [6.07, 6.45) is 3.84. The molecule has 0 saturated carbocycles. The first-order valence-electron chi connectivity index (χ1n) is 11.5. The zero-order valence-electron chi connectivity index (χ0n) is 19.6. The second-order valence-electron chi connectivity index (χ2n) is 8.36. The van der Waals surface area contributed by atoms with Crippen LogP contribution in [0.25, 0.3) is 10.8 Å². The van der Waals surface area contributed by atoms with Gasteiger partial charge in [-0.15, -0.1) is 0 Å². The quantitative estimate of drug-likeness (QED) is 0.386. The summed E-state index contributed by atoms with van der Waals surface area (Å²) in [7, 11) is 1.29. The van der Waals surface area contributed by atoms with Crippen molar-refractivity contribution in [1.29, 1.82) is 0 Å². The van der Waals surface area contributed by atoms with Crippen LogP contribution in [0.2, 0.25) is 0 Å². The van der Waals surface area contributed by atoms with Crippen molar-refractivity contribution in [2.24, 2.45) is 0 Å². The van der Waals surface area contributed by atoms with Crippen molar-refractivity contribution in [2.75, 3.05) is 26.7 Å². The van der Waals surface area contributed by atoms with Crippen molar-refractivity contribution in [3.63, 3.8) is 0 Å². The summed E-state index contributed by atoms with van der Waals surface area (Å²) < 4.78 is 4.78. The van der Waals surface area contributed by atoms with Crippen LogP contribution in [0.15, 0.2) is 78.5 Å². The zero-order chi connectivity index (χ0) is 24.6. The topological polar surface area (TPSA) is 101 Å². The highest BCUT2D eigenvalue weighted by Gasteiger charge is 2.30. The third kappa shape index (κ3) is 6.10. The number of aromatic nitrogens is 1. The average molecular weight is 473 g/mol. The number of nitrogens with zero attached hydrogens (tertiary/aromatic N) is 2. The van der Waals surface area contributed by atoms with E-state index in [2.05, 4.69) is 15.6 Å². The number of fused-ring (bicyclic) bond motifs is 1. The number of ether oxygens (including phenoxy) is 1. The fraction of sp³-hybridized carbons (Fsp3) is 0.259. The fourth-order valence-electron chi connectivity index (χ4n) is 4.09. The molecule has 0 radical (unpaired) electrons. The van der Waals surface area contributed by atoms with Gasteiger partial charge in [0, 0.05) is 31.2 Å². The van der Waals surface area contributed by atoms with Gasteiger partial charge in [0.05, 0.1) is 7.11 Å². The van der Waals surface area contributed by atoms with Crippen molar-refractivity contribution in [3.8, 4) is 0 Å². The van der Waals surface area contributed by atoms with Crippen molar-refractivity contribution < 1.29 is 19.1 Å². The highest BCUT2D eigenvalue weighted by Crippen LogP contribution is 2.18. The summed E-state index contributed by atoms with van der Waals surface area (Å²) in [6, 6.07) is 18.5. The number of esters is 1. The lowest BCUT2D eigenvalue weighted by Gasteiger charge is -2.25. The van der Waals surface area contributed by atoms with E-state index in [0.29, 0.717) is 24.9 Å². The number of methoxy groups -OCH3 is 1. The second-order valence-corrected chi connectivity index (χ2v) is 8.36. The molecule has 1 aliphatic rings. The Kier molecular flexibility index (Phi) is 7.84. The number of hydrogen-bond donors (Lipinski definition) is 2. The lowest BCUT2D eigenvalue weighted by atomic mass is 10.1. The fourth-order valence-corrected chi connectivity index (χ4v) is 4.09. The van der Waals surface area contributed by atoms with Crippen LogP contribution in [0.3, 0.4) is 0 Å². The number of amides is 2. The van der Waals surface area contributed by atoms with Crippen molar-refractivity contribution in [1.82, 2.24) is 20.5 Å². The lowest BCUT2D eigenvalue weighted by Crippen LogP contribution is -2.49. The molecule has 0 unspecified atom stereocenters. The summed E-state index contributed by atoms with van der Waals surface area (Å²) in [5, 5.41) is 7.81. The minimum absolute atomic E-state index is 0.190. The number of carbonyl (C=O) groups excluding carboxylic acids is 3. The van der Waals surface area contributed by atoms with Crippen LogP contribution < -0.4 is 10.6 Å². The summed E-state index contributed by atoms with van der Waals surface area (Å²) in [4.78, 5) is 44.1. The predicted octanol–water partition coefficient (Wildman–Crippen LogP) is 2.45. The van der Waals surface area contributed by atoms with E-state index in [1.807, 2.05) is 66.7 Å². The largest absolute Gasteiger partial charge is 0.468 e. The highest BCUT2D eigenvalue weighted by atomic mass is 16.5. The molecule has 8 heteroatoms. The molecule has 0 bridgehead atoms. The molecule has 2 aromatic carbocycles. The molecule has 35 heavy (non-hydrogen) atoms. The third-order valence-corrected chi connectivity index (χ3v) is 5.91. The van der Waals surface area contributed by atoms with Crippen molar-refractivity contribution in [2.45, 2.75) is 19.0 Å². The molecule has 8 nitrogen and oxygen atoms in total. The van der Waals surface area contributed by atoms with Gasteiger partial charge in [-0.3, -0.25) is 19.4 Å². The first kappa shape index (κ1) is 24.1.